The summed E-state index contributed by atoms with van der Waals surface area (Å²) in [6.07, 6.45) is 4.96. The van der Waals surface area contributed by atoms with Gasteiger partial charge in [-0.2, -0.15) is 0 Å². The number of esters is 2. The number of rotatable bonds is 8. The Morgan fingerprint density at radius 3 is 1.89 bits per heavy atom. The number of aromatic nitrogens is 4. The summed E-state index contributed by atoms with van der Waals surface area (Å²) in [6, 6.07) is 7.87. The molecular formula is C36H36N4O4Zn. The molecule has 0 N–H and O–H groups in total. The van der Waals surface area contributed by atoms with Gasteiger partial charge in [0.05, 0.1) is 37.0 Å². The summed E-state index contributed by atoms with van der Waals surface area (Å²) < 4.78 is 9.86. The number of aryl methyl sites for hydroxylation is 3. The number of carbonyl (C=O) groups excluding carboxylic acids is 2. The van der Waals surface area contributed by atoms with Crippen LogP contribution in [0.5, 0.6) is 0 Å². The average molecular weight is 654 g/mol. The standard InChI is InChI=1S/C36H36N4O4.Zn/c1-9-23-19(3)27-15-28-21(5)25(11-13-35(41)43-7)33(39-28)18-34-26(12-14-36(42)44-8)22(6)30(40-34)17-32-24(10-2)20(4)29(38-32)16-31(23)37-27;/h9-10,15-18H,1-2,11-14H2,3-8H3;/q-2;+2. The minimum atomic E-state index is -0.295. The summed E-state index contributed by atoms with van der Waals surface area (Å²) in [4.78, 5) is 44.3. The van der Waals surface area contributed by atoms with E-state index in [-0.39, 0.29) is 44.3 Å². The molecule has 5 heterocycles. The van der Waals surface area contributed by atoms with Gasteiger partial charge in [-0.3, -0.25) is 9.59 Å². The molecule has 8 nitrogen and oxygen atoms in total. The molecule has 8 bridgehead atoms. The van der Waals surface area contributed by atoms with Crippen LogP contribution in [0.4, 0.5) is 0 Å². The van der Waals surface area contributed by atoms with Crippen molar-refractivity contribution in [3.8, 4) is 0 Å². The Kier molecular flexibility index (Phi) is 10.2. The molecule has 3 aromatic heterocycles. The van der Waals surface area contributed by atoms with Crippen molar-refractivity contribution in [3.63, 3.8) is 0 Å². The molecule has 0 aliphatic carbocycles. The van der Waals surface area contributed by atoms with Crippen LogP contribution < -0.4 is 9.97 Å². The number of methoxy groups -OCH3 is 2. The number of hydrogen-bond donors (Lipinski definition) is 0. The molecule has 0 amide bonds. The first-order valence-corrected chi connectivity index (χ1v) is 14.5. The summed E-state index contributed by atoms with van der Waals surface area (Å²) >= 11 is 0. The Hall–Kier alpha value is -4.36. The first kappa shape index (κ1) is 33.5. The van der Waals surface area contributed by atoms with Gasteiger partial charge in [0, 0.05) is 18.4 Å². The Bertz CT molecular complexity index is 1960. The minimum absolute atomic E-state index is 0. The Labute approximate surface area is 276 Å². The number of fused-ring (bicyclic) bond motifs is 8. The van der Waals surface area contributed by atoms with Crippen LogP contribution in [0.15, 0.2) is 43.5 Å². The van der Waals surface area contributed by atoms with Gasteiger partial charge in [0.1, 0.15) is 0 Å². The molecule has 2 aliphatic rings. The van der Waals surface area contributed by atoms with Crippen molar-refractivity contribution in [2.24, 2.45) is 0 Å². The van der Waals surface area contributed by atoms with Crippen LogP contribution >= 0.6 is 0 Å². The van der Waals surface area contributed by atoms with Crippen molar-refractivity contribution in [1.29, 1.82) is 0 Å². The number of hydrogen-bond acceptors (Lipinski definition) is 6. The molecule has 0 spiro atoms. The molecule has 45 heavy (non-hydrogen) atoms. The number of ether oxygens (including phenoxy) is 2. The zero-order valence-corrected chi connectivity index (χ0v) is 29.8. The quantitative estimate of drug-likeness (QED) is 0.190. The fourth-order valence-electron chi connectivity index (χ4n) is 5.81. The van der Waals surface area contributed by atoms with E-state index in [1.54, 1.807) is 0 Å². The van der Waals surface area contributed by atoms with Gasteiger partial charge in [0.15, 0.2) is 0 Å². The van der Waals surface area contributed by atoms with E-state index in [0.717, 1.165) is 78.2 Å². The van der Waals surface area contributed by atoms with Crippen molar-refractivity contribution in [1.82, 2.24) is 19.9 Å². The molecule has 0 aromatic carbocycles. The minimum Gasteiger partial charge on any atom is -0.657 e. The van der Waals surface area contributed by atoms with E-state index in [1.807, 2.05) is 64.1 Å². The van der Waals surface area contributed by atoms with Crippen LogP contribution in [0.25, 0.3) is 50.4 Å². The van der Waals surface area contributed by atoms with Gasteiger partial charge in [0.25, 0.3) is 0 Å². The van der Waals surface area contributed by atoms with Crippen molar-refractivity contribution >= 4 is 62.4 Å². The second-order valence-corrected chi connectivity index (χ2v) is 11.0. The molecule has 0 atom stereocenters. The summed E-state index contributed by atoms with van der Waals surface area (Å²) in [5.74, 6) is -0.589. The van der Waals surface area contributed by atoms with Gasteiger partial charge in [-0.15, -0.1) is 22.1 Å². The number of allylic oxidation sites excluding steroid dienone is 5. The maximum Gasteiger partial charge on any atom is 2.00 e. The summed E-state index contributed by atoms with van der Waals surface area (Å²) in [5.41, 5.74) is 13.6. The molecule has 3 aromatic rings. The van der Waals surface area contributed by atoms with Crippen LogP contribution in [0.3, 0.4) is 0 Å². The van der Waals surface area contributed by atoms with Crippen LogP contribution in [0.1, 0.15) is 78.1 Å². The van der Waals surface area contributed by atoms with Gasteiger partial charge in [-0.25, -0.2) is 9.97 Å². The van der Waals surface area contributed by atoms with Gasteiger partial charge in [-0.05, 0) is 62.8 Å². The summed E-state index contributed by atoms with van der Waals surface area (Å²) in [6.45, 7) is 16.2. The van der Waals surface area contributed by atoms with Gasteiger partial charge in [-0.1, -0.05) is 66.3 Å². The molecule has 0 unspecified atom stereocenters. The molecule has 9 heteroatoms. The zero-order valence-electron chi connectivity index (χ0n) is 26.8. The van der Waals surface area contributed by atoms with Crippen molar-refractivity contribution in [2.75, 3.05) is 14.2 Å². The van der Waals surface area contributed by atoms with E-state index in [9.17, 15) is 9.59 Å². The molecule has 0 saturated carbocycles. The molecular weight excluding hydrogens is 618 g/mol. The first-order valence-electron chi connectivity index (χ1n) is 14.5. The Morgan fingerprint density at radius 1 is 0.711 bits per heavy atom. The van der Waals surface area contributed by atoms with E-state index in [4.69, 9.17) is 29.4 Å². The Balaban J connectivity index is 0.00000461. The van der Waals surface area contributed by atoms with Crippen LogP contribution in [0.2, 0.25) is 0 Å². The third-order valence-electron chi connectivity index (χ3n) is 8.50. The molecule has 0 saturated heterocycles. The van der Waals surface area contributed by atoms with Crippen molar-refractivity contribution in [2.45, 2.75) is 53.4 Å². The van der Waals surface area contributed by atoms with E-state index >= 15 is 0 Å². The largest absolute Gasteiger partial charge is 2.00 e. The average Bonchev–Trinajstić information content (AvgIpc) is 3.67. The second kappa shape index (κ2) is 13.7. The normalized spacial score (nSPS) is 12.6. The molecule has 2 aliphatic heterocycles. The maximum atomic E-state index is 12.1. The van der Waals surface area contributed by atoms with Crippen molar-refractivity contribution in [3.05, 3.63) is 88.5 Å². The van der Waals surface area contributed by atoms with Crippen LogP contribution in [-0.4, -0.2) is 36.1 Å². The smallest absolute Gasteiger partial charge is 0.657 e. The topological polar surface area (TPSA) is 107 Å². The Morgan fingerprint density at radius 2 is 1.24 bits per heavy atom. The van der Waals surface area contributed by atoms with E-state index < -0.39 is 0 Å². The van der Waals surface area contributed by atoms with Gasteiger partial charge < -0.3 is 19.4 Å². The maximum absolute atomic E-state index is 12.1. The predicted octanol–water partition coefficient (Wildman–Crippen LogP) is 6.94. The van der Waals surface area contributed by atoms with E-state index in [0.29, 0.717) is 24.1 Å². The summed E-state index contributed by atoms with van der Waals surface area (Å²) in [7, 11) is 2.78. The van der Waals surface area contributed by atoms with Gasteiger partial charge >= 0.3 is 31.4 Å². The van der Waals surface area contributed by atoms with E-state index in [2.05, 4.69) is 13.2 Å². The zero-order chi connectivity index (χ0) is 31.7. The van der Waals surface area contributed by atoms with Crippen LogP contribution in [0, 0.1) is 13.8 Å². The fourth-order valence-corrected chi connectivity index (χ4v) is 5.81. The van der Waals surface area contributed by atoms with E-state index in [1.165, 1.54) is 14.2 Å². The molecule has 0 fully saturated rings. The molecule has 226 valence electrons. The third kappa shape index (κ3) is 6.41. The van der Waals surface area contributed by atoms with Gasteiger partial charge in [0.2, 0.25) is 0 Å². The fraction of sp³-hybridized carbons (Fsp3) is 0.278. The summed E-state index contributed by atoms with van der Waals surface area (Å²) in [5, 5.41) is 0. The number of carbonyl (C=O) groups is 2. The second-order valence-electron chi connectivity index (χ2n) is 11.0. The molecule has 0 radical (unpaired) electrons. The third-order valence-corrected chi connectivity index (χ3v) is 8.50. The monoisotopic (exact) mass is 652 g/mol. The van der Waals surface area contributed by atoms with Crippen LogP contribution in [-0.2, 0) is 45.0 Å². The number of nitrogens with zero attached hydrogens (tertiary/aromatic N) is 4. The molecule has 5 rings (SSSR count). The SMILES string of the molecule is C=CC1=C(C)c2cc3[n-]c(cc4nc(cc5[n-]c(cc1n2)c(C)c5CCC(=O)OC)C(CCC(=O)OC)=C4C)c(C)c3C=C.[Zn+2]. The predicted molar refractivity (Wildman–Crippen MR) is 175 cm³/mol. The first-order chi connectivity index (χ1) is 21.1. The van der Waals surface area contributed by atoms with Crippen molar-refractivity contribution < 1.29 is 38.5 Å².